The van der Waals surface area contributed by atoms with Gasteiger partial charge in [0.25, 0.3) is 0 Å². The Balaban J connectivity index is 2.89. The molecule has 4 heteroatoms. The molecule has 0 N–H and O–H groups in total. The van der Waals surface area contributed by atoms with E-state index in [9.17, 15) is 9.59 Å². The van der Waals surface area contributed by atoms with Gasteiger partial charge >= 0.3 is 5.97 Å². The summed E-state index contributed by atoms with van der Waals surface area (Å²) in [7, 11) is 1.31. The van der Waals surface area contributed by atoms with Crippen LogP contribution in [0.3, 0.4) is 0 Å². The first-order chi connectivity index (χ1) is 6.63. The highest BCUT2D eigenvalue weighted by atomic mass is 16.5. The van der Waals surface area contributed by atoms with E-state index >= 15 is 0 Å². The van der Waals surface area contributed by atoms with E-state index in [2.05, 4.69) is 9.72 Å². The largest absolute Gasteiger partial charge is 0.465 e. The van der Waals surface area contributed by atoms with Gasteiger partial charge < -0.3 is 4.74 Å². The Kier molecular flexibility index (Phi) is 3.34. The van der Waals surface area contributed by atoms with Gasteiger partial charge in [0.15, 0.2) is 0 Å². The number of carbonyl (C=O) groups excluding carboxylic acids is 2. The molecular weight excluding hydrogens is 182 g/mol. The van der Waals surface area contributed by atoms with Crippen LogP contribution < -0.4 is 0 Å². The number of rotatable bonds is 3. The van der Waals surface area contributed by atoms with E-state index in [1.807, 2.05) is 0 Å². The lowest BCUT2D eigenvalue weighted by Crippen LogP contribution is -2.04. The molecule has 0 saturated heterocycles. The average molecular weight is 193 g/mol. The summed E-state index contributed by atoms with van der Waals surface area (Å²) >= 11 is 0. The third kappa shape index (κ3) is 2.65. The van der Waals surface area contributed by atoms with E-state index in [1.165, 1.54) is 20.2 Å². The lowest BCUT2D eigenvalue weighted by Gasteiger charge is -2.00. The third-order valence-corrected chi connectivity index (χ3v) is 1.67. The quantitative estimate of drug-likeness (QED) is 0.672. The molecule has 0 aliphatic carbocycles. The molecule has 0 atom stereocenters. The predicted molar refractivity (Wildman–Crippen MR) is 50.0 cm³/mol. The Bertz CT molecular complexity index is 360. The lowest BCUT2D eigenvalue weighted by atomic mass is 10.1. The smallest absolute Gasteiger partial charge is 0.339 e. The molecule has 74 valence electrons. The van der Waals surface area contributed by atoms with Gasteiger partial charge in [-0.15, -0.1) is 0 Å². The summed E-state index contributed by atoms with van der Waals surface area (Å²) in [6.45, 7) is 1.49. The van der Waals surface area contributed by atoms with Gasteiger partial charge in [-0.2, -0.15) is 0 Å². The van der Waals surface area contributed by atoms with Crippen LogP contribution in [0.25, 0.3) is 0 Å². The Morgan fingerprint density at radius 2 is 2.14 bits per heavy atom. The third-order valence-electron chi connectivity index (χ3n) is 1.67. The number of esters is 1. The first kappa shape index (κ1) is 10.4. The monoisotopic (exact) mass is 193 g/mol. The Morgan fingerprint density at radius 1 is 1.43 bits per heavy atom. The number of Topliss-reactive ketones (excluding diaryl/α,β-unsaturated/α-hetero) is 1. The second-order valence-electron chi connectivity index (χ2n) is 2.95. The summed E-state index contributed by atoms with van der Waals surface area (Å²) in [5, 5.41) is 0. The van der Waals surface area contributed by atoms with Gasteiger partial charge in [-0.1, -0.05) is 0 Å². The maximum Gasteiger partial charge on any atom is 0.339 e. The number of pyridine rings is 1. The minimum atomic E-state index is -0.442. The SMILES string of the molecule is COC(=O)c1cncc(CC(C)=O)c1. The topological polar surface area (TPSA) is 56.3 Å². The molecule has 0 amide bonds. The summed E-state index contributed by atoms with van der Waals surface area (Å²) in [5.41, 5.74) is 1.09. The van der Waals surface area contributed by atoms with Crippen LogP contribution in [0.4, 0.5) is 0 Å². The van der Waals surface area contributed by atoms with Crippen molar-refractivity contribution in [3.05, 3.63) is 29.6 Å². The molecule has 1 aromatic heterocycles. The molecule has 4 nitrogen and oxygen atoms in total. The van der Waals surface area contributed by atoms with Crippen molar-refractivity contribution >= 4 is 11.8 Å². The maximum absolute atomic E-state index is 11.1. The van der Waals surface area contributed by atoms with Gasteiger partial charge in [-0.05, 0) is 18.6 Å². The Morgan fingerprint density at radius 3 is 2.71 bits per heavy atom. The van der Waals surface area contributed by atoms with Crippen LogP contribution in [0.1, 0.15) is 22.8 Å². The van der Waals surface area contributed by atoms with Crippen LogP contribution in [0.15, 0.2) is 18.5 Å². The van der Waals surface area contributed by atoms with Crippen molar-refractivity contribution in [3.63, 3.8) is 0 Å². The predicted octanol–water partition coefficient (Wildman–Crippen LogP) is 1.000. The van der Waals surface area contributed by atoms with Gasteiger partial charge in [0.2, 0.25) is 0 Å². The number of aromatic nitrogens is 1. The molecule has 0 aromatic carbocycles. The van der Waals surface area contributed by atoms with Gasteiger partial charge in [-0.25, -0.2) is 4.79 Å². The van der Waals surface area contributed by atoms with Crippen LogP contribution in [-0.4, -0.2) is 23.8 Å². The molecule has 0 fully saturated rings. The van der Waals surface area contributed by atoms with Crippen LogP contribution >= 0.6 is 0 Å². The zero-order valence-corrected chi connectivity index (χ0v) is 8.11. The molecule has 0 saturated carbocycles. The molecule has 0 spiro atoms. The minimum Gasteiger partial charge on any atom is -0.465 e. The summed E-state index contributed by atoms with van der Waals surface area (Å²) in [6, 6.07) is 1.61. The molecule has 0 aliphatic rings. The average Bonchev–Trinajstić information content (AvgIpc) is 2.16. The van der Waals surface area contributed by atoms with Crippen molar-refractivity contribution in [2.75, 3.05) is 7.11 Å². The standard InChI is InChI=1S/C10H11NO3/c1-7(12)3-8-4-9(6-11-5-8)10(13)14-2/h4-6H,3H2,1-2H3. The van der Waals surface area contributed by atoms with Crippen LogP contribution in [-0.2, 0) is 16.0 Å². The number of hydrogen-bond donors (Lipinski definition) is 0. The number of hydrogen-bond acceptors (Lipinski definition) is 4. The Hall–Kier alpha value is -1.71. The van der Waals surface area contributed by atoms with Crippen molar-refractivity contribution in [3.8, 4) is 0 Å². The van der Waals surface area contributed by atoms with Crippen molar-refractivity contribution in [2.45, 2.75) is 13.3 Å². The molecular formula is C10H11NO3. The van der Waals surface area contributed by atoms with Crippen molar-refractivity contribution < 1.29 is 14.3 Å². The van der Waals surface area contributed by atoms with E-state index in [0.29, 0.717) is 5.56 Å². The first-order valence-electron chi connectivity index (χ1n) is 4.15. The maximum atomic E-state index is 11.1. The highest BCUT2D eigenvalue weighted by Gasteiger charge is 2.07. The number of ketones is 1. The molecule has 14 heavy (non-hydrogen) atoms. The molecule has 0 radical (unpaired) electrons. The number of methoxy groups -OCH3 is 1. The summed E-state index contributed by atoms with van der Waals surface area (Å²) in [5.74, 6) is -0.406. The molecule has 1 heterocycles. The van der Waals surface area contributed by atoms with E-state index in [4.69, 9.17) is 0 Å². The van der Waals surface area contributed by atoms with Crippen LogP contribution in [0.5, 0.6) is 0 Å². The van der Waals surface area contributed by atoms with Crippen molar-refractivity contribution in [1.29, 1.82) is 0 Å². The summed E-state index contributed by atoms with van der Waals surface area (Å²) < 4.78 is 4.53. The minimum absolute atomic E-state index is 0.0359. The highest BCUT2D eigenvalue weighted by Crippen LogP contribution is 2.05. The molecule has 0 aliphatic heterocycles. The zero-order chi connectivity index (χ0) is 10.6. The first-order valence-corrected chi connectivity index (χ1v) is 4.15. The number of nitrogens with zero attached hydrogens (tertiary/aromatic N) is 1. The molecule has 1 aromatic rings. The van der Waals surface area contributed by atoms with Crippen molar-refractivity contribution in [1.82, 2.24) is 4.98 Å². The van der Waals surface area contributed by atoms with Crippen LogP contribution in [0.2, 0.25) is 0 Å². The normalized spacial score (nSPS) is 9.57. The number of carbonyl (C=O) groups is 2. The van der Waals surface area contributed by atoms with E-state index < -0.39 is 5.97 Å². The highest BCUT2D eigenvalue weighted by molar-refractivity contribution is 5.89. The van der Waals surface area contributed by atoms with Gasteiger partial charge in [0.05, 0.1) is 12.7 Å². The molecule has 0 unspecified atom stereocenters. The second-order valence-corrected chi connectivity index (χ2v) is 2.95. The fraction of sp³-hybridized carbons (Fsp3) is 0.300. The fourth-order valence-electron chi connectivity index (χ4n) is 1.10. The summed E-state index contributed by atoms with van der Waals surface area (Å²) in [4.78, 5) is 25.8. The van der Waals surface area contributed by atoms with E-state index in [-0.39, 0.29) is 12.2 Å². The van der Waals surface area contributed by atoms with Gasteiger partial charge in [0.1, 0.15) is 5.78 Å². The molecule has 1 rings (SSSR count). The summed E-state index contributed by atoms with van der Waals surface area (Å²) in [6.07, 6.45) is 3.27. The van der Waals surface area contributed by atoms with E-state index in [1.54, 1.807) is 12.3 Å². The van der Waals surface area contributed by atoms with Gasteiger partial charge in [-0.3, -0.25) is 9.78 Å². The second kappa shape index (κ2) is 4.50. The van der Waals surface area contributed by atoms with Crippen molar-refractivity contribution in [2.24, 2.45) is 0 Å². The molecule has 0 bridgehead atoms. The van der Waals surface area contributed by atoms with Gasteiger partial charge in [0, 0.05) is 18.8 Å². The van der Waals surface area contributed by atoms with E-state index in [0.717, 1.165) is 5.56 Å². The van der Waals surface area contributed by atoms with Crippen LogP contribution in [0, 0.1) is 0 Å². The zero-order valence-electron chi connectivity index (χ0n) is 8.11. The fourth-order valence-corrected chi connectivity index (χ4v) is 1.10. The number of ether oxygens (including phenoxy) is 1. The Labute approximate surface area is 81.9 Å². The lowest BCUT2D eigenvalue weighted by molar-refractivity contribution is -0.116.